The average Bonchev–Trinajstić information content (AvgIpc) is 2.98. The highest BCUT2D eigenvalue weighted by Gasteiger charge is 2.33. The highest BCUT2D eigenvalue weighted by Crippen LogP contribution is 2.42. The monoisotopic (exact) mass is 250 g/mol. The van der Waals surface area contributed by atoms with Crippen LogP contribution in [0.1, 0.15) is 29.9 Å². The lowest BCUT2D eigenvalue weighted by molar-refractivity contribution is -0.137. The molecule has 16 heavy (non-hydrogen) atoms. The van der Waals surface area contributed by atoms with E-state index in [2.05, 4.69) is 0 Å². The van der Waals surface area contributed by atoms with E-state index in [1.807, 2.05) is 0 Å². The molecular weight excluding hydrogens is 241 g/mol. The van der Waals surface area contributed by atoms with Crippen molar-refractivity contribution in [3.05, 3.63) is 29.3 Å². The van der Waals surface area contributed by atoms with Gasteiger partial charge in [0.05, 0.1) is 10.5 Å². The van der Waals surface area contributed by atoms with Crippen molar-refractivity contribution < 1.29 is 21.9 Å². The number of hydrogen-bond acceptors (Lipinski definition) is 1. The van der Waals surface area contributed by atoms with Crippen molar-refractivity contribution in [1.29, 1.82) is 0 Å². The van der Waals surface area contributed by atoms with E-state index in [9.17, 15) is 17.4 Å². The molecule has 1 aromatic carbocycles. The van der Waals surface area contributed by atoms with Crippen molar-refractivity contribution in [2.24, 2.45) is 0 Å². The molecule has 1 aliphatic rings. The Morgan fingerprint density at radius 1 is 1.25 bits per heavy atom. The molecule has 0 aromatic heterocycles. The number of halogens is 3. The highest BCUT2D eigenvalue weighted by atomic mass is 32.2. The molecule has 1 atom stereocenters. The van der Waals surface area contributed by atoms with Gasteiger partial charge in [-0.3, -0.25) is 0 Å². The summed E-state index contributed by atoms with van der Waals surface area (Å²) >= 11 is -2.37. The van der Waals surface area contributed by atoms with Crippen LogP contribution in [0.25, 0.3) is 0 Å². The summed E-state index contributed by atoms with van der Waals surface area (Å²) in [5.74, 6) is 0.115. The van der Waals surface area contributed by atoms with E-state index in [1.54, 1.807) is 0 Å². The molecule has 1 aliphatic carbocycles. The molecule has 0 radical (unpaired) electrons. The van der Waals surface area contributed by atoms with Gasteiger partial charge in [-0.2, -0.15) is 13.2 Å². The van der Waals surface area contributed by atoms with Crippen LogP contribution in [0.15, 0.2) is 23.1 Å². The van der Waals surface area contributed by atoms with Gasteiger partial charge in [-0.25, -0.2) is 4.21 Å². The molecule has 1 N–H and O–H groups in total. The Morgan fingerprint density at radius 3 is 2.31 bits per heavy atom. The Labute approximate surface area is 92.8 Å². The lowest BCUT2D eigenvalue weighted by Gasteiger charge is -2.10. The molecule has 2 rings (SSSR count). The quantitative estimate of drug-likeness (QED) is 0.818. The summed E-state index contributed by atoms with van der Waals surface area (Å²) in [6.07, 6.45) is -2.78. The van der Waals surface area contributed by atoms with E-state index in [4.69, 9.17) is 4.55 Å². The van der Waals surface area contributed by atoms with Crippen molar-refractivity contribution in [1.82, 2.24) is 0 Å². The van der Waals surface area contributed by atoms with Gasteiger partial charge in [0.2, 0.25) is 0 Å². The molecule has 1 fully saturated rings. The van der Waals surface area contributed by atoms with Crippen LogP contribution in [0.4, 0.5) is 13.2 Å². The Balaban J connectivity index is 2.48. The molecule has 88 valence electrons. The lowest BCUT2D eigenvalue weighted by Crippen LogP contribution is -2.07. The van der Waals surface area contributed by atoms with E-state index in [0.717, 1.165) is 25.0 Å². The highest BCUT2D eigenvalue weighted by molar-refractivity contribution is 7.79. The average molecular weight is 250 g/mol. The van der Waals surface area contributed by atoms with Crippen molar-refractivity contribution in [3.8, 4) is 0 Å². The summed E-state index contributed by atoms with van der Waals surface area (Å²) in [6.45, 7) is 0. The molecule has 0 saturated heterocycles. The second kappa shape index (κ2) is 3.85. The Kier molecular flexibility index (Phi) is 2.79. The smallest absolute Gasteiger partial charge is 0.302 e. The molecule has 0 aliphatic heterocycles. The van der Waals surface area contributed by atoms with Crippen molar-refractivity contribution in [2.75, 3.05) is 0 Å². The van der Waals surface area contributed by atoms with Gasteiger partial charge in [0.1, 0.15) is 0 Å². The minimum atomic E-state index is -4.47. The zero-order valence-corrected chi connectivity index (χ0v) is 8.94. The first-order valence-corrected chi connectivity index (χ1v) is 5.81. The Hall–Kier alpha value is -0.880. The lowest BCUT2D eigenvalue weighted by atomic mass is 10.1. The van der Waals surface area contributed by atoms with E-state index in [1.165, 1.54) is 6.07 Å². The SMILES string of the molecule is O=S(O)c1cc(C2CC2)cc(C(F)(F)F)c1. The van der Waals surface area contributed by atoms with Crippen LogP contribution < -0.4 is 0 Å². The van der Waals surface area contributed by atoms with E-state index < -0.39 is 22.8 Å². The summed E-state index contributed by atoms with van der Waals surface area (Å²) < 4.78 is 57.2. The number of alkyl halides is 3. The van der Waals surface area contributed by atoms with Gasteiger partial charge in [-0.05, 0) is 42.5 Å². The maximum Gasteiger partial charge on any atom is 0.416 e. The maximum atomic E-state index is 12.5. The Morgan fingerprint density at radius 2 is 1.88 bits per heavy atom. The molecule has 2 nitrogen and oxygen atoms in total. The van der Waals surface area contributed by atoms with Gasteiger partial charge < -0.3 is 4.55 Å². The number of hydrogen-bond donors (Lipinski definition) is 1. The topological polar surface area (TPSA) is 37.3 Å². The second-order valence-corrected chi connectivity index (χ2v) is 4.78. The van der Waals surface area contributed by atoms with Crippen LogP contribution >= 0.6 is 0 Å². The molecule has 0 amide bonds. The third-order valence-corrected chi connectivity index (χ3v) is 3.15. The summed E-state index contributed by atoms with van der Waals surface area (Å²) in [4.78, 5) is -0.184. The van der Waals surface area contributed by atoms with Gasteiger partial charge in [0.25, 0.3) is 0 Å². The van der Waals surface area contributed by atoms with Crippen LogP contribution in [0.2, 0.25) is 0 Å². The molecule has 1 unspecified atom stereocenters. The predicted molar refractivity (Wildman–Crippen MR) is 52.5 cm³/mol. The van der Waals surface area contributed by atoms with Gasteiger partial charge in [0.15, 0.2) is 11.1 Å². The normalized spacial score (nSPS) is 18.5. The Bertz CT molecular complexity index is 438. The summed E-state index contributed by atoms with van der Waals surface area (Å²) in [5.41, 5.74) is -0.346. The maximum absolute atomic E-state index is 12.5. The first-order chi connectivity index (χ1) is 7.38. The van der Waals surface area contributed by atoms with Crippen LogP contribution in [-0.2, 0) is 17.3 Å². The largest absolute Gasteiger partial charge is 0.416 e. The van der Waals surface area contributed by atoms with Gasteiger partial charge in [-0.1, -0.05) is 0 Å². The van der Waals surface area contributed by atoms with Gasteiger partial charge in [0, 0.05) is 0 Å². The van der Waals surface area contributed by atoms with E-state index >= 15 is 0 Å². The fourth-order valence-electron chi connectivity index (χ4n) is 1.54. The minimum absolute atomic E-state index is 0.115. The zero-order chi connectivity index (χ0) is 11.9. The van der Waals surface area contributed by atoms with E-state index in [-0.39, 0.29) is 10.8 Å². The van der Waals surface area contributed by atoms with Crippen LogP contribution in [0.3, 0.4) is 0 Å². The fraction of sp³-hybridized carbons (Fsp3) is 0.400. The van der Waals surface area contributed by atoms with E-state index in [0.29, 0.717) is 5.56 Å². The molecule has 1 saturated carbocycles. The number of rotatable bonds is 2. The van der Waals surface area contributed by atoms with Crippen LogP contribution in [0.5, 0.6) is 0 Å². The van der Waals surface area contributed by atoms with Gasteiger partial charge in [-0.15, -0.1) is 0 Å². The third-order valence-electron chi connectivity index (χ3n) is 2.51. The summed E-state index contributed by atoms with van der Waals surface area (Å²) in [7, 11) is 0. The van der Waals surface area contributed by atoms with Gasteiger partial charge >= 0.3 is 6.18 Å². The fourth-order valence-corrected chi connectivity index (χ4v) is 2.00. The van der Waals surface area contributed by atoms with Crippen molar-refractivity contribution in [3.63, 3.8) is 0 Å². The minimum Gasteiger partial charge on any atom is -0.302 e. The molecule has 0 bridgehead atoms. The summed E-state index contributed by atoms with van der Waals surface area (Å²) in [6, 6.07) is 3.17. The molecule has 6 heteroatoms. The molecular formula is C10H9F3O2S. The van der Waals surface area contributed by atoms with Crippen molar-refractivity contribution in [2.45, 2.75) is 29.8 Å². The first-order valence-electron chi connectivity index (χ1n) is 4.71. The zero-order valence-electron chi connectivity index (χ0n) is 8.12. The molecule has 1 aromatic rings. The van der Waals surface area contributed by atoms with Crippen molar-refractivity contribution >= 4 is 11.1 Å². The molecule has 0 spiro atoms. The predicted octanol–water partition coefficient (Wildman–Crippen LogP) is 3.16. The number of benzene rings is 1. The second-order valence-electron chi connectivity index (χ2n) is 3.81. The van der Waals surface area contributed by atoms with Crippen LogP contribution in [-0.4, -0.2) is 8.76 Å². The standard InChI is InChI=1S/C10H9F3O2S/c11-10(12,13)8-3-7(6-1-2-6)4-9(5-8)16(14)15/h3-6H,1-2H2,(H,14,15). The molecule has 0 heterocycles. The third kappa shape index (κ3) is 2.44. The first kappa shape index (κ1) is 11.6. The summed E-state index contributed by atoms with van der Waals surface area (Å²) in [5, 5.41) is 0. The van der Waals surface area contributed by atoms with Crippen LogP contribution in [0, 0.1) is 0 Å².